The topological polar surface area (TPSA) is 105 Å². The maximum absolute atomic E-state index is 11.1. The molecule has 0 N–H and O–H groups in total. The van der Waals surface area contributed by atoms with Crippen molar-refractivity contribution in [2.45, 2.75) is 68.2 Å². The number of carbonyl (C=O) groups excluding carboxylic acids is 4. The SMILES string of the molecule is CC[O][Ti][O]CC.COC(=O)CC(=O)C(C)(C)C.COC(=O)CC(=O)C(C)(C)C. The van der Waals surface area contributed by atoms with Crippen LogP contribution in [0.25, 0.3) is 0 Å². The normalized spacial score (nSPS) is 10.4. The first-order valence-corrected chi connectivity index (χ1v) is 10.6. The van der Waals surface area contributed by atoms with Crippen LogP contribution in [0.3, 0.4) is 0 Å². The Morgan fingerprint density at radius 3 is 1.10 bits per heavy atom. The molecule has 170 valence electrons. The van der Waals surface area contributed by atoms with Crippen LogP contribution in [0.5, 0.6) is 0 Å². The molecule has 0 aliphatic rings. The van der Waals surface area contributed by atoms with Crippen LogP contribution in [0.2, 0.25) is 0 Å². The van der Waals surface area contributed by atoms with Crippen LogP contribution in [-0.4, -0.2) is 50.9 Å². The van der Waals surface area contributed by atoms with E-state index < -0.39 is 42.7 Å². The molecule has 0 saturated carbocycles. The van der Waals surface area contributed by atoms with E-state index in [1.54, 1.807) is 41.5 Å². The van der Waals surface area contributed by atoms with Gasteiger partial charge in [-0.2, -0.15) is 0 Å². The summed E-state index contributed by atoms with van der Waals surface area (Å²) >= 11 is -0.486. The summed E-state index contributed by atoms with van der Waals surface area (Å²) in [6.07, 6.45) is -0.250. The van der Waals surface area contributed by atoms with Crippen LogP contribution in [-0.2, 0) is 55.2 Å². The second kappa shape index (κ2) is 17.7. The van der Waals surface area contributed by atoms with E-state index in [9.17, 15) is 19.2 Å². The summed E-state index contributed by atoms with van der Waals surface area (Å²) in [5.74, 6) is -1.12. The van der Waals surface area contributed by atoms with Crippen molar-refractivity contribution in [3.8, 4) is 0 Å². The van der Waals surface area contributed by atoms with E-state index in [1.165, 1.54) is 14.2 Å². The average Bonchev–Trinajstić information content (AvgIpc) is 2.61. The Kier molecular flexibility index (Phi) is 19.9. The zero-order chi connectivity index (χ0) is 23.7. The van der Waals surface area contributed by atoms with Crippen LogP contribution < -0.4 is 0 Å². The van der Waals surface area contributed by atoms with Gasteiger partial charge in [0.15, 0.2) is 0 Å². The van der Waals surface area contributed by atoms with Crippen molar-refractivity contribution in [2.24, 2.45) is 10.8 Å². The molecule has 0 saturated heterocycles. The number of Topliss-reactive ketones (excluding diaryl/α,β-unsaturated/α-hetero) is 2. The van der Waals surface area contributed by atoms with Crippen molar-refractivity contribution in [1.29, 1.82) is 0 Å². The molecule has 0 spiro atoms. The Morgan fingerprint density at radius 1 is 0.655 bits per heavy atom. The molecule has 0 aliphatic heterocycles. The Hall–Kier alpha value is -1.09. The smallest absolute Gasteiger partial charge is 0.313 e. The zero-order valence-electron chi connectivity index (χ0n) is 19.6. The predicted molar refractivity (Wildman–Crippen MR) is 105 cm³/mol. The van der Waals surface area contributed by atoms with Gasteiger partial charge in [0, 0.05) is 10.8 Å². The maximum Gasteiger partial charge on any atom is 0.313 e. The first-order valence-electron chi connectivity index (χ1n) is 9.36. The van der Waals surface area contributed by atoms with Gasteiger partial charge in [0.05, 0.1) is 14.2 Å². The van der Waals surface area contributed by atoms with E-state index >= 15 is 0 Å². The molecule has 9 heteroatoms. The van der Waals surface area contributed by atoms with Crippen molar-refractivity contribution in [3.05, 3.63) is 0 Å². The zero-order valence-corrected chi connectivity index (χ0v) is 21.2. The number of rotatable bonds is 8. The van der Waals surface area contributed by atoms with Crippen LogP contribution in [0.4, 0.5) is 0 Å². The molecule has 0 aromatic rings. The third-order valence-electron chi connectivity index (χ3n) is 3.14. The molecule has 0 heterocycles. The number of carbonyl (C=O) groups is 4. The largest absolute Gasteiger partial charge is 0.469 e. The minimum absolute atomic E-state index is 0.0932. The van der Waals surface area contributed by atoms with Gasteiger partial charge in [-0.15, -0.1) is 0 Å². The molecule has 8 nitrogen and oxygen atoms in total. The van der Waals surface area contributed by atoms with Crippen LogP contribution in [0.1, 0.15) is 68.2 Å². The van der Waals surface area contributed by atoms with Gasteiger partial charge in [-0.25, -0.2) is 0 Å². The van der Waals surface area contributed by atoms with Gasteiger partial charge < -0.3 is 9.47 Å². The summed E-state index contributed by atoms with van der Waals surface area (Å²) in [5, 5.41) is 0. The molecule has 0 aromatic carbocycles. The summed E-state index contributed by atoms with van der Waals surface area (Å²) < 4.78 is 18.7. The van der Waals surface area contributed by atoms with Gasteiger partial charge in [-0.05, 0) is 0 Å². The third-order valence-corrected chi connectivity index (χ3v) is 4.41. The van der Waals surface area contributed by atoms with Crippen molar-refractivity contribution >= 4 is 23.5 Å². The molecule has 0 unspecified atom stereocenters. The quantitative estimate of drug-likeness (QED) is 0.238. The summed E-state index contributed by atoms with van der Waals surface area (Å²) in [6, 6.07) is 0. The summed E-state index contributed by atoms with van der Waals surface area (Å²) in [5.41, 5.74) is -0.900. The number of hydrogen-bond acceptors (Lipinski definition) is 8. The van der Waals surface area contributed by atoms with Gasteiger partial charge in [0.1, 0.15) is 24.4 Å². The van der Waals surface area contributed by atoms with Crippen LogP contribution in [0, 0.1) is 10.8 Å². The Balaban J connectivity index is -0.000000360. The fraction of sp³-hybridized carbons (Fsp3) is 0.800. The number of ketones is 2. The molecule has 29 heavy (non-hydrogen) atoms. The molecular weight excluding hydrogens is 416 g/mol. The van der Waals surface area contributed by atoms with E-state index in [1.807, 2.05) is 13.8 Å². The standard InChI is InChI=1S/2C8H14O3.2C2H5O.Ti/c2*1-8(2,3)6(9)5-7(10)11-4;2*1-2-3;/h2*5H2,1-4H3;2*2H2,1H3;/q;;2*-1;+2. The van der Waals surface area contributed by atoms with E-state index in [-0.39, 0.29) is 24.4 Å². The predicted octanol–water partition coefficient (Wildman–Crippen LogP) is 3.30. The number of esters is 2. The molecule has 0 aromatic heterocycles. The molecular formula is C20H38O8Ti. The molecule has 0 bridgehead atoms. The van der Waals surface area contributed by atoms with Crippen molar-refractivity contribution in [3.63, 3.8) is 0 Å². The first kappa shape index (κ1) is 32.6. The van der Waals surface area contributed by atoms with Gasteiger partial charge >= 0.3 is 65.6 Å². The number of hydrogen-bond donors (Lipinski definition) is 0. The molecule has 0 amide bonds. The second-order valence-electron chi connectivity index (χ2n) is 7.80. The minimum Gasteiger partial charge on any atom is -0.469 e. The van der Waals surface area contributed by atoms with Gasteiger partial charge in [0.2, 0.25) is 0 Å². The van der Waals surface area contributed by atoms with Crippen molar-refractivity contribution in [1.82, 2.24) is 0 Å². The van der Waals surface area contributed by atoms with Crippen LogP contribution >= 0.6 is 0 Å². The van der Waals surface area contributed by atoms with E-state index in [4.69, 9.17) is 6.64 Å². The van der Waals surface area contributed by atoms with Gasteiger partial charge in [0.25, 0.3) is 0 Å². The second-order valence-corrected chi connectivity index (χ2v) is 8.96. The third kappa shape index (κ3) is 23.1. The Labute approximate surface area is 185 Å². The molecule has 0 radical (unpaired) electrons. The Bertz CT molecular complexity index is 446. The van der Waals surface area contributed by atoms with Gasteiger partial charge in [-0.1, -0.05) is 41.5 Å². The Morgan fingerprint density at radius 2 is 0.931 bits per heavy atom. The summed E-state index contributed by atoms with van der Waals surface area (Å²) in [4.78, 5) is 43.5. The summed E-state index contributed by atoms with van der Waals surface area (Å²) in [6.45, 7) is 16.2. The average molecular weight is 454 g/mol. The van der Waals surface area contributed by atoms with Crippen molar-refractivity contribution < 1.29 is 55.2 Å². The minimum atomic E-state index is -0.486. The maximum atomic E-state index is 11.1. The van der Waals surface area contributed by atoms with E-state index in [2.05, 4.69) is 9.47 Å². The number of methoxy groups -OCH3 is 2. The summed E-state index contributed by atoms with van der Waals surface area (Å²) in [7, 11) is 2.55. The fourth-order valence-corrected chi connectivity index (χ4v) is 1.59. The molecule has 0 atom stereocenters. The molecule has 0 rings (SSSR count). The fourth-order valence-electron chi connectivity index (χ4n) is 1.10. The monoisotopic (exact) mass is 454 g/mol. The van der Waals surface area contributed by atoms with Crippen LogP contribution in [0.15, 0.2) is 0 Å². The van der Waals surface area contributed by atoms with Crippen molar-refractivity contribution in [2.75, 3.05) is 27.4 Å². The molecule has 0 fully saturated rings. The van der Waals surface area contributed by atoms with E-state index in [0.29, 0.717) is 0 Å². The first-order chi connectivity index (χ1) is 13.2. The van der Waals surface area contributed by atoms with E-state index in [0.717, 1.165) is 13.2 Å². The van der Waals surface area contributed by atoms with Gasteiger partial charge in [-0.3, -0.25) is 19.2 Å². The molecule has 0 aliphatic carbocycles. The number of ether oxygens (including phenoxy) is 2.